The molecule has 0 saturated heterocycles. The molecule has 0 radical (unpaired) electrons. The number of ether oxygens (including phenoxy) is 4. The maximum atomic E-state index is 8.63. The zero-order valence-corrected chi connectivity index (χ0v) is 15.8. The summed E-state index contributed by atoms with van der Waals surface area (Å²) in [5, 5.41) is 8.63. The number of rotatable bonds is 21. The van der Waals surface area contributed by atoms with Crippen molar-refractivity contribution in [3.05, 3.63) is 0 Å². The molecule has 0 bridgehead atoms. The SMILES string of the molecule is CCCOCCCCOCCCCOCCCCOCCCCO. The van der Waals surface area contributed by atoms with Crippen LogP contribution in [0.4, 0.5) is 0 Å². The van der Waals surface area contributed by atoms with E-state index in [1.54, 1.807) is 0 Å². The summed E-state index contributed by atoms with van der Waals surface area (Å²) in [5.74, 6) is 0. The molecular weight excluding hydrogens is 308 g/mol. The van der Waals surface area contributed by atoms with Gasteiger partial charge in [0.25, 0.3) is 0 Å². The predicted octanol–water partition coefficient (Wildman–Crippen LogP) is 3.58. The largest absolute Gasteiger partial charge is 0.396 e. The van der Waals surface area contributed by atoms with Crippen molar-refractivity contribution in [1.82, 2.24) is 0 Å². The molecule has 0 aliphatic carbocycles. The molecule has 0 heterocycles. The summed E-state index contributed by atoms with van der Waals surface area (Å²) in [7, 11) is 0. The van der Waals surface area contributed by atoms with Crippen LogP contribution in [0.15, 0.2) is 0 Å². The van der Waals surface area contributed by atoms with Crippen LogP contribution >= 0.6 is 0 Å². The summed E-state index contributed by atoms with van der Waals surface area (Å²) in [4.78, 5) is 0. The molecule has 5 heteroatoms. The highest BCUT2D eigenvalue weighted by molar-refractivity contribution is 4.43. The molecular formula is C19H40O5. The van der Waals surface area contributed by atoms with E-state index in [-0.39, 0.29) is 6.61 Å². The zero-order valence-electron chi connectivity index (χ0n) is 15.8. The van der Waals surface area contributed by atoms with Gasteiger partial charge in [0.1, 0.15) is 0 Å². The lowest BCUT2D eigenvalue weighted by atomic mass is 10.3. The fraction of sp³-hybridized carbons (Fsp3) is 1.00. The molecule has 0 aliphatic rings. The van der Waals surface area contributed by atoms with E-state index < -0.39 is 0 Å². The minimum absolute atomic E-state index is 0.260. The van der Waals surface area contributed by atoms with E-state index in [2.05, 4.69) is 6.92 Å². The van der Waals surface area contributed by atoms with Gasteiger partial charge in [-0.2, -0.15) is 0 Å². The van der Waals surface area contributed by atoms with Crippen molar-refractivity contribution in [1.29, 1.82) is 0 Å². The summed E-state index contributed by atoms with van der Waals surface area (Å²) in [6.07, 6.45) is 9.29. The second kappa shape index (κ2) is 22.8. The van der Waals surface area contributed by atoms with Crippen LogP contribution in [-0.2, 0) is 18.9 Å². The molecule has 0 aliphatic heterocycles. The molecule has 0 amide bonds. The molecule has 0 fully saturated rings. The van der Waals surface area contributed by atoms with Gasteiger partial charge >= 0.3 is 0 Å². The van der Waals surface area contributed by atoms with Gasteiger partial charge in [0.15, 0.2) is 0 Å². The van der Waals surface area contributed by atoms with Crippen molar-refractivity contribution >= 4 is 0 Å². The Morgan fingerprint density at radius 1 is 0.458 bits per heavy atom. The highest BCUT2D eigenvalue weighted by atomic mass is 16.5. The minimum atomic E-state index is 0.260. The third-order valence-corrected chi connectivity index (χ3v) is 3.53. The van der Waals surface area contributed by atoms with Crippen LogP contribution in [0.2, 0.25) is 0 Å². The third-order valence-electron chi connectivity index (χ3n) is 3.53. The van der Waals surface area contributed by atoms with Gasteiger partial charge in [0.2, 0.25) is 0 Å². The van der Waals surface area contributed by atoms with E-state index in [0.717, 1.165) is 111 Å². The molecule has 0 rings (SSSR count). The highest BCUT2D eigenvalue weighted by Crippen LogP contribution is 1.98. The number of unbranched alkanes of at least 4 members (excludes halogenated alkanes) is 4. The fourth-order valence-electron chi connectivity index (χ4n) is 2.09. The molecule has 146 valence electrons. The molecule has 0 aromatic rings. The summed E-state index contributed by atoms with van der Waals surface area (Å²) in [6, 6.07) is 0. The van der Waals surface area contributed by atoms with Gasteiger partial charge in [0, 0.05) is 59.5 Å². The van der Waals surface area contributed by atoms with Crippen LogP contribution in [0.1, 0.15) is 64.7 Å². The Bertz CT molecular complexity index is 192. The van der Waals surface area contributed by atoms with Crippen molar-refractivity contribution in [3.63, 3.8) is 0 Å². The van der Waals surface area contributed by atoms with E-state index in [0.29, 0.717) is 0 Å². The maximum absolute atomic E-state index is 8.63. The van der Waals surface area contributed by atoms with Gasteiger partial charge in [-0.1, -0.05) is 6.92 Å². The Labute approximate surface area is 149 Å². The van der Waals surface area contributed by atoms with Gasteiger partial charge in [-0.05, 0) is 57.8 Å². The molecule has 0 aromatic heterocycles. The van der Waals surface area contributed by atoms with E-state index in [1.165, 1.54) is 0 Å². The lowest BCUT2D eigenvalue weighted by Crippen LogP contribution is -2.03. The Kier molecular flexibility index (Phi) is 22.6. The normalized spacial score (nSPS) is 11.2. The third kappa shape index (κ3) is 21.8. The van der Waals surface area contributed by atoms with E-state index in [9.17, 15) is 0 Å². The predicted molar refractivity (Wildman–Crippen MR) is 97.6 cm³/mol. The monoisotopic (exact) mass is 348 g/mol. The van der Waals surface area contributed by atoms with Gasteiger partial charge < -0.3 is 24.1 Å². The first-order valence-corrected chi connectivity index (χ1v) is 9.83. The Morgan fingerprint density at radius 2 is 0.750 bits per heavy atom. The van der Waals surface area contributed by atoms with E-state index in [4.69, 9.17) is 24.1 Å². The van der Waals surface area contributed by atoms with Crippen LogP contribution in [0, 0.1) is 0 Å². The van der Waals surface area contributed by atoms with Crippen molar-refractivity contribution in [2.24, 2.45) is 0 Å². The molecule has 5 nitrogen and oxygen atoms in total. The summed E-state index contributed by atoms with van der Waals surface area (Å²) < 4.78 is 22.1. The first kappa shape index (κ1) is 23.8. The topological polar surface area (TPSA) is 57.2 Å². The van der Waals surface area contributed by atoms with E-state index >= 15 is 0 Å². The minimum Gasteiger partial charge on any atom is -0.396 e. The molecule has 0 atom stereocenters. The molecule has 24 heavy (non-hydrogen) atoms. The number of aliphatic hydroxyl groups excluding tert-OH is 1. The quantitative estimate of drug-likeness (QED) is 0.321. The molecule has 0 saturated carbocycles. The number of aliphatic hydroxyl groups is 1. The molecule has 0 unspecified atom stereocenters. The lowest BCUT2D eigenvalue weighted by Gasteiger charge is -2.06. The fourth-order valence-corrected chi connectivity index (χ4v) is 2.09. The van der Waals surface area contributed by atoms with Crippen molar-refractivity contribution in [2.45, 2.75) is 64.7 Å². The first-order chi connectivity index (χ1) is 11.9. The lowest BCUT2D eigenvalue weighted by molar-refractivity contribution is 0.0842. The van der Waals surface area contributed by atoms with Gasteiger partial charge in [-0.3, -0.25) is 0 Å². The second-order valence-electron chi connectivity index (χ2n) is 6.00. The van der Waals surface area contributed by atoms with Crippen LogP contribution in [0.25, 0.3) is 0 Å². The maximum Gasteiger partial charge on any atom is 0.0466 e. The standard InChI is InChI=1S/C19H40O5/c1-2-12-21-14-5-6-16-23-18-9-10-19-24-17-8-7-15-22-13-4-3-11-20/h20H,2-19H2,1H3. The van der Waals surface area contributed by atoms with Crippen LogP contribution in [-0.4, -0.2) is 64.6 Å². The van der Waals surface area contributed by atoms with Gasteiger partial charge in [-0.25, -0.2) is 0 Å². The average Bonchev–Trinajstić information content (AvgIpc) is 2.60. The number of hydrogen-bond acceptors (Lipinski definition) is 5. The number of hydrogen-bond donors (Lipinski definition) is 1. The Morgan fingerprint density at radius 3 is 1.04 bits per heavy atom. The first-order valence-electron chi connectivity index (χ1n) is 9.83. The molecule has 0 aromatic carbocycles. The summed E-state index contributed by atoms with van der Waals surface area (Å²) in [6.45, 7) is 9.00. The summed E-state index contributed by atoms with van der Waals surface area (Å²) in [5.41, 5.74) is 0. The van der Waals surface area contributed by atoms with Crippen molar-refractivity contribution in [2.75, 3.05) is 59.5 Å². The highest BCUT2D eigenvalue weighted by Gasteiger charge is 1.94. The smallest absolute Gasteiger partial charge is 0.0466 e. The zero-order chi connectivity index (χ0) is 17.6. The van der Waals surface area contributed by atoms with Crippen molar-refractivity contribution < 1.29 is 24.1 Å². The second-order valence-corrected chi connectivity index (χ2v) is 6.00. The van der Waals surface area contributed by atoms with Gasteiger partial charge in [0.05, 0.1) is 0 Å². The van der Waals surface area contributed by atoms with Crippen molar-refractivity contribution in [3.8, 4) is 0 Å². The summed E-state index contributed by atoms with van der Waals surface area (Å²) >= 11 is 0. The molecule has 0 spiro atoms. The Hall–Kier alpha value is -0.200. The average molecular weight is 349 g/mol. The van der Waals surface area contributed by atoms with Gasteiger partial charge in [-0.15, -0.1) is 0 Å². The van der Waals surface area contributed by atoms with E-state index in [1.807, 2.05) is 0 Å². The van der Waals surface area contributed by atoms with Crippen LogP contribution in [0.3, 0.4) is 0 Å². The van der Waals surface area contributed by atoms with Crippen LogP contribution < -0.4 is 0 Å². The Balaban J connectivity index is 2.93. The molecule has 1 N–H and O–H groups in total. The van der Waals surface area contributed by atoms with Crippen LogP contribution in [0.5, 0.6) is 0 Å².